The summed E-state index contributed by atoms with van der Waals surface area (Å²) in [4.78, 5) is 0. The summed E-state index contributed by atoms with van der Waals surface area (Å²) < 4.78 is 5.65. The van der Waals surface area contributed by atoms with E-state index in [2.05, 4.69) is 13.5 Å². The maximum atomic E-state index is 5.65. The van der Waals surface area contributed by atoms with Crippen LogP contribution in [0.3, 0.4) is 0 Å². The highest BCUT2D eigenvalue weighted by molar-refractivity contribution is 5.30. The van der Waals surface area contributed by atoms with Gasteiger partial charge in [0.05, 0.1) is 6.10 Å². The van der Waals surface area contributed by atoms with Gasteiger partial charge in [0.15, 0.2) is 0 Å². The number of allylic oxidation sites excluding steroid dienone is 4. The maximum Gasteiger partial charge on any atom is 0.118 e. The summed E-state index contributed by atoms with van der Waals surface area (Å²) in [5.74, 6) is 1.02. The molecule has 0 spiro atoms. The number of rotatable bonds is 1. The van der Waals surface area contributed by atoms with Gasteiger partial charge in [-0.15, -0.1) is 0 Å². The fourth-order valence-corrected chi connectivity index (χ4v) is 1.39. The molecule has 1 aliphatic heterocycles. The first-order chi connectivity index (χ1) is 7.77. The standard InChI is InChI=1S/C11H16O.2C2H6/c1-4-6-10-8-7-9(3)12-11(10)5-2;2*1-2/h4-6,9H,1,7-8H2,2-3H3;2*1-2H3/b10-6-,11-5+;;. The summed E-state index contributed by atoms with van der Waals surface area (Å²) >= 11 is 0. The molecule has 1 rings (SSSR count). The van der Waals surface area contributed by atoms with Crippen molar-refractivity contribution >= 4 is 0 Å². The zero-order valence-corrected chi connectivity index (χ0v) is 11.8. The lowest BCUT2D eigenvalue weighted by Crippen LogP contribution is -2.15. The van der Waals surface area contributed by atoms with Crippen LogP contribution in [0.2, 0.25) is 0 Å². The summed E-state index contributed by atoms with van der Waals surface area (Å²) in [5.41, 5.74) is 1.27. The van der Waals surface area contributed by atoms with E-state index in [1.54, 1.807) is 0 Å². The van der Waals surface area contributed by atoms with Gasteiger partial charge in [0.2, 0.25) is 0 Å². The summed E-state index contributed by atoms with van der Waals surface area (Å²) in [5, 5.41) is 0. The molecule has 1 aliphatic rings. The normalized spacial score (nSPS) is 23.5. The van der Waals surface area contributed by atoms with E-state index >= 15 is 0 Å². The second kappa shape index (κ2) is 12.1. The molecule has 0 N–H and O–H groups in total. The van der Waals surface area contributed by atoms with Gasteiger partial charge in [-0.3, -0.25) is 0 Å². The van der Waals surface area contributed by atoms with Gasteiger partial charge in [0.25, 0.3) is 0 Å². The van der Waals surface area contributed by atoms with Gasteiger partial charge in [-0.05, 0) is 38.3 Å². The Labute approximate surface area is 102 Å². The largest absolute Gasteiger partial charge is 0.491 e. The van der Waals surface area contributed by atoms with E-state index in [-0.39, 0.29) is 0 Å². The van der Waals surface area contributed by atoms with Gasteiger partial charge in [-0.25, -0.2) is 0 Å². The molecule has 16 heavy (non-hydrogen) atoms. The SMILES string of the molecule is C=C/C=C1/CCC(C)O/C1=C/C.CC.CC. The van der Waals surface area contributed by atoms with Crippen molar-refractivity contribution in [2.75, 3.05) is 0 Å². The average molecular weight is 224 g/mol. The van der Waals surface area contributed by atoms with E-state index in [1.807, 2.05) is 52.8 Å². The Kier molecular flexibility index (Phi) is 13.2. The highest BCUT2D eigenvalue weighted by Gasteiger charge is 2.16. The molecule has 1 atom stereocenters. The quantitative estimate of drug-likeness (QED) is 0.590. The van der Waals surface area contributed by atoms with E-state index in [9.17, 15) is 0 Å². The molecule has 1 fully saturated rings. The Morgan fingerprint density at radius 3 is 2.25 bits per heavy atom. The summed E-state index contributed by atoms with van der Waals surface area (Å²) in [6.07, 6.45) is 8.44. The molecule has 1 nitrogen and oxygen atoms in total. The molecular formula is C15H28O. The zero-order chi connectivity index (χ0) is 13.0. The minimum atomic E-state index is 0.359. The second-order valence-electron chi connectivity index (χ2n) is 3.05. The van der Waals surface area contributed by atoms with Crippen LogP contribution < -0.4 is 0 Å². The van der Waals surface area contributed by atoms with Crippen LogP contribution in [-0.2, 0) is 4.74 Å². The minimum Gasteiger partial charge on any atom is -0.491 e. The third kappa shape index (κ3) is 6.49. The van der Waals surface area contributed by atoms with Crippen molar-refractivity contribution in [1.82, 2.24) is 0 Å². The number of hydrogen-bond acceptors (Lipinski definition) is 1. The Balaban J connectivity index is 0. The van der Waals surface area contributed by atoms with Gasteiger partial charge in [0, 0.05) is 0 Å². The van der Waals surface area contributed by atoms with E-state index in [0.717, 1.165) is 18.6 Å². The van der Waals surface area contributed by atoms with Crippen molar-refractivity contribution in [3.05, 3.63) is 36.1 Å². The third-order valence-corrected chi connectivity index (χ3v) is 2.05. The van der Waals surface area contributed by atoms with Crippen LogP contribution in [0.5, 0.6) is 0 Å². The van der Waals surface area contributed by atoms with Crippen molar-refractivity contribution in [1.29, 1.82) is 0 Å². The average Bonchev–Trinajstić information content (AvgIpc) is 2.36. The molecule has 1 heterocycles. The Bertz CT molecular complexity index is 224. The lowest BCUT2D eigenvalue weighted by Gasteiger charge is -2.25. The third-order valence-electron chi connectivity index (χ3n) is 2.05. The van der Waals surface area contributed by atoms with Crippen molar-refractivity contribution in [3.8, 4) is 0 Å². The molecule has 0 aromatic rings. The predicted molar refractivity (Wildman–Crippen MR) is 74.5 cm³/mol. The first-order valence-electron chi connectivity index (χ1n) is 6.43. The molecule has 0 aliphatic carbocycles. The van der Waals surface area contributed by atoms with Gasteiger partial charge < -0.3 is 4.74 Å². The van der Waals surface area contributed by atoms with E-state index in [4.69, 9.17) is 4.74 Å². The van der Waals surface area contributed by atoms with Gasteiger partial charge in [-0.2, -0.15) is 0 Å². The van der Waals surface area contributed by atoms with Crippen molar-refractivity contribution in [2.45, 2.75) is 60.5 Å². The zero-order valence-electron chi connectivity index (χ0n) is 11.8. The Hall–Kier alpha value is -0.980. The molecule has 0 aromatic heterocycles. The minimum absolute atomic E-state index is 0.359. The molecule has 1 unspecified atom stereocenters. The van der Waals surface area contributed by atoms with Crippen molar-refractivity contribution in [2.24, 2.45) is 0 Å². The molecule has 0 radical (unpaired) electrons. The van der Waals surface area contributed by atoms with E-state index in [0.29, 0.717) is 6.10 Å². The fourth-order valence-electron chi connectivity index (χ4n) is 1.39. The van der Waals surface area contributed by atoms with Crippen LogP contribution >= 0.6 is 0 Å². The lowest BCUT2D eigenvalue weighted by atomic mass is 10.0. The second-order valence-corrected chi connectivity index (χ2v) is 3.05. The van der Waals surface area contributed by atoms with E-state index < -0.39 is 0 Å². The summed E-state index contributed by atoms with van der Waals surface area (Å²) in [6, 6.07) is 0. The van der Waals surface area contributed by atoms with Crippen molar-refractivity contribution < 1.29 is 4.74 Å². The molecule has 0 amide bonds. The van der Waals surface area contributed by atoms with Gasteiger partial charge in [0.1, 0.15) is 5.76 Å². The highest BCUT2D eigenvalue weighted by Crippen LogP contribution is 2.26. The van der Waals surface area contributed by atoms with Crippen LogP contribution in [0.4, 0.5) is 0 Å². The highest BCUT2D eigenvalue weighted by atomic mass is 16.5. The van der Waals surface area contributed by atoms with Gasteiger partial charge >= 0.3 is 0 Å². The molecule has 1 saturated heterocycles. The molecule has 0 aromatic carbocycles. The first-order valence-corrected chi connectivity index (χ1v) is 6.43. The number of ether oxygens (including phenoxy) is 1. The smallest absolute Gasteiger partial charge is 0.118 e. The molecule has 0 saturated carbocycles. The fraction of sp³-hybridized carbons (Fsp3) is 0.600. The first kappa shape index (κ1) is 17.4. The molecular weight excluding hydrogens is 196 g/mol. The summed E-state index contributed by atoms with van der Waals surface area (Å²) in [7, 11) is 0. The van der Waals surface area contributed by atoms with Crippen LogP contribution in [0, 0.1) is 0 Å². The lowest BCUT2D eigenvalue weighted by molar-refractivity contribution is 0.110. The van der Waals surface area contributed by atoms with Crippen LogP contribution in [0.25, 0.3) is 0 Å². The van der Waals surface area contributed by atoms with E-state index in [1.165, 1.54) is 5.57 Å². The van der Waals surface area contributed by atoms with Crippen molar-refractivity contribution in [3.63, 3.8) is 0 Å². The van der Waals surface area contributed by atoms with Crippen LogP contribution in [-0.4, -0.2) is 6.10 Å². The molecule has 0 bridgehead atoms. The number of hydrogen-bond donors (Lipinski definition) is 0. The van der Waals surface area contributed by atoms with Crippen LogP contribution in [0.1, 0.15) is 54.4 Å². The van der Waals surface area contributed by atoms with Crippen LogP contribution in [0.15, 0.2) is 36.1 Å². The van der Waals surface area contributed by atoms with Gasteiger partial charge in [-0.1, -0.05) is 46.4 Å². The Morgan fingerprint density at radius 1 is 1.25 bits per heavy atom. The molecule has 94 valence electrons. The monoisotopic (exact) mass is 224 g/mol. The maximum absolute atomic E-state index is 5.65. The topological polar surface area (TPSA) is 9.23 Å². The Morgan fingerprint density at radius 2 is 1.81 bits per heavy atom. The predicted octanol–water partition coefficient (Wildman–Crippen LogP) is 5.25. The molecule has 1 heteroatoms. The summed E-state index contributed by atoms with van der Waals surface area (Å²) in [6.45, 7) is 15.8.